The highest BCUT2D eigenvalue weighted by molar-refractivity contribution is 5.99. The third-order valence-electron chi connectivity index (χ3n) is 6.34. The minimum Gasteiger partial charge on any atom is -0.493 e. The van der Waals surface area contributed by atoms with Gasteiger partial charge in [-0.25, -0.2) is 0 Å². The second-order valence-corrected chi connectivity index (χ2v) is 8.60. The quantitative estimate of drug-likeness (QED) is 0.602. The van der Waals surface area contributed by atoms with Crippen molar-refractivity contribution in [1.82, 2.24) is 15.5 Å². The average molecular weight is 451 g/mol. The Morgan fingerprint density at radius 3 is 2.88 bits per heavy atom. The third-order valence-corrected chi connectivity index (χ3v) is 6.34. The Hall–Kier alpha value is -3.39. The van der Waals surface area contributed by atoms with Crippen LogP contribution in [0.1, 0.15) is 53.7 Å². The van der Waals surface area contributed by atoms with Crippen molar-refractivity contribution >= 4 is 17.8 Å². The maximum atomic E-state index is 13.0. The molecule has 2 amide bonds. The van der Waals surface area contributed by atoms with E-state index in [-0.39, 0.29) is 36.8 Å². The van der Waals surface area contributed by atoms with E-state index in [1.54, 1.807) is 25.3 Å². The Labute approximate surface area is 193 Å². The molecule has 8 heteroatoms. The largest absolute Gasteiger partial charge is 0.493 e. The van der Waals surface area contributed by atoms with Gasteiger partial charge < -0.3 is 20.1 Å². The molecule has 8 nitrogen and oxygen atoms in total. The van der Waals surface area contributed by atoms with Crippen LogP contribution >= 0.6 is 0 Å². The summed E-state index contributed by atoms with van der Waals surface area (Å²) in [7, 11) is 1.59. The normalized spacial score (nSPS) is 22.2. The van der Waals surface area contributed by atoms with Crippen LogP contribution in [-0.2, 0) is 16.1 Å². The fourth-order valence-electron chi connectivity index (χ4n) is 4.45. The molecule has 0 spiro atoms. The number of para-hydroxylation sites is 1. The van der Waals surface area contributed by atoms with Gasteiger partial charge in [0.15, 0.2) is 5.96 Å². The molecule has 4 rings (SSSR count). The van der Waals surface area contributed by atoms with Crippen molar-refractivity contribution in [2.45, 2.75) is 44.3 Å². The molecule has 33 heavy (non-hydrogen) atoms. The molecule has 0 aromatic heterocycles. The minimum absolute atomic E-state index is 0.0545. The smallest absolute Gasteiger partial charge is 0.251 e. The molecule has 2 aromatic rings. The van der Waals surface area contributed by atoms with E-state index >= 15 is 0 Å². The fraction of sp³-hybridized carbons (Fsp3) is 0.400. The monoisotopic (exact) mass is 450 g/mol. The number of carbonyl (C=O) groups is 2. The van der Waals surface area contributed by atoms with Crippen LogP contribution in [0.2, 0.25) is 0 Å². The van der Waals surface area contributed by atoms with E-state index in [0.29, 0.717) is 31.6 Å². The number of benzene rings is 2. The fourth-order valence-corrected chi connectivity index (χ4v) is 4.45. The third kappa shape index (κ3) is 4.85. The molecule has 0 aliphatic carbocycles. The predicted molar refractivity (Wildman–Crippen MR) is 124 cm³/mol. The first-order valence-electron chi connectivity index (χ1n) is 11.2. The molecule has 2 aliphatic rings. The molecule has 0 radical (unpaired) electrons. The van der Waals surface area contributed by atoms with Crippen LogP contribution in [0.4, 0.5) is 0 Å². The molecule has 2 atom stereocenters. The molecular formula is C25H30N4O4. The molecule has 0 saturated carbocycles. The van der Waals surface area contributed by atoms with Crippen LogP contribution in [0.3, 0.4) is 0 Å². The first kappa shape index (κ1) is 22.8. The van der Waals surface area contributed by atoms with Gasteiger partial charge in [0, 0.05) is 24.7 Å². The van der Waals surface area contributed by atoms with Crippen molar-refractivity contribution in [3.8, 4) is 5.75 Å². The molecule has 2 heterocycles. The summed E-state index contributed by atoms with van der Waals surface area (Å²) < 4.78 is 11.0. The number of ether oxygens (including phenoxy) is 2. The summed E-state index contributed by atoms with van der Waals surface area (Å²) in [5, 5.41) is 14.6. The number of guanidine groups is 1. The molecule has 1 unspecified atom stereocenters. The van der Waals surface area contributed by atoms with Crippen LogP contribution in [-0.4, -0.2) is 48.5 Å². The lowest BCUT2D eigenvalue weighted by molar-refractivity contribution is -0.132. The number of amides is 2. The number of methoxy groups -OCH3 is 1. The van der Waals surface area contributed by atoms with Crippen molar-refractivity contribution < 1.29 is 19.1 Å². The molecule has 1 saturated heterocycles. The van der Waals surface area contributed by atoms with Gasteiger partial charge in [0.1, 0.15) is 5.75 Å². The van der Waals surface area contributed by atoms with Gasteiger partial charge in [-0.2, -0.15) is 0 Å². The van der Waals surface area contributed by atoms with Gasteiger partial charge in [-0.3, -0.25) is 19.9 Å². The lowest BCUT2D eigenvalue weighted by Crippen LogP contribution is -2.63. The molecule has 3 N–H and O–H groups in total. The molecule has 0 bridgehead atoms. The summed E-state index contributed by atoms with van der Waals surface area (Å²) in [4.78, 5) is 27.3. The van der Waals surface area contributed by atoms with Gasteiger partial charge in [0.25, 0.3) is 5.91 Å². The van der Waals surface area contributed by atoms with E-state index in [1.165, 1.54) is 4.90 Å². The Morgan fingerprint density at radius 1 is 1.30 bits per heavy atom. The number of carbonyl (C=O) groups excluding carboxylic acids is 2. The lowest BCUT2D eigenvalue weighted by atomic mass is 9.90. The first-order valence-corrected chi connectivity index (χ1v) is 11.2. The average Bonchev–Trinajstić information content (AvgIpc) is 2.82. The zero-order chi connectivity index (χ0) is 23.4. The number of nitrogens with one attached hydrogen (secondary N) is 3. The first-order chi connectivity index (χ1) is 15.9. The number of fused-ring (bicyclic) bond motifs is 1. The van der Waals surface area contributed by atoms with E-state index in [9.17, 15) is 9.59 Å². The number of hydrogen-bond donors (Lipinski definition) is 3. The zero-order valence-electron chi connectivity index (χ0n) is 19.0. The number of hydrogen-bond acceptors (Lipinski definition) is 5. The summed E-state index contributed by atoms with van der Waals surface area (Å²) in [5.74, 6) is 0.543. The van der Waals surface area contributed by atoms with Crippen LogP contribution in [0, 0.1) is 5.41 Å². The molecule has 2 aliphatic heterocycles. The van der Waals surface area contributed by atoms with Gasteiger partial charge in [-0.1, -0.05) is 37.3 Å². The molecule has 174 valence electrons. The van der Waals surface area contributed by atoms with E-state index < -0.39 is 5.54 Å². The Kier molecular flexibility index (Phi) is 6.65. The van der Waals surface area contributed by atoms with Gasteiger partial charge in [0.05, 0.1) is 37.8 Å². The Morgan fingerprint density at radius 2 is 2.12 bits per heavy atom. The number of rotatable bonds is 7. The summed E-state index contributed by atoms with van der Waals surface area (Å²) in [6.45, 7) is 3.10. The second-order valence-electron chi connectivity index (χ2n) is 8.60. The Bertz CT molecular complexity index is 1040. The van der Waals surface area contributed by atoms with E-state index in [1.807, 2.05) is 37.3 Å². The summed E-state index contributed by atoms with van der Waals surface area (Å²) >= 11 is 0. The van der Waals surface area contributed by atoms with Crippen molar-refractivity contribution in [1.29, 1.82) is 5.41 Å². The maximum absolute atomic E-state index is 13.0. The summed E-state index contributed by atoms with van der Waals surface area (Å²) in [6.07, 6.45) is 1.63. The van der Waals surface area contributed by atoms with Gasteiger partial charge >= 0.3 is 0 Å². The summed E-state index contributed by atoms with van der Waals surface area (Å²) in [5.41, 5.74) is 1.72. The predicted octanol–water partition coefficient (Wildman–Crippen LogP) is 2.99. The van der Waals surface area contributed by atoms with E-state index in [2.05, 4.69) is 10.6 Å². The van der Waals surface area contributed by atoms with Crippen LogP contribution in [0.15, 0.2) is 48.5 Å². The van der Waals surface area contributed by atoms with Crippen LogP contribution < -0.4 is 15.4 Å². The van der Waals surface area contributed by atoms with Gasteiger partial charge in [-0.15, -0.1) is 0 Å². The highest BCUT2D eigenvalue weighted by atomic mass is 16.5. The minimum atomic E-state index is -0.554. The molecule has 1 fully saturated rings. The van der Waals surface area contributed by atoms with Crippen molar-refractivity contribution in [3.63, 3.8) is 0 Å². The van der Waals surface area contributed by atoms with Gasteiger partial charge in [-0.05, 0) is 30.2 Å². The standard InChI is InChI=1S/C25H30N4O4/c1-3-25(16-32-2)14-22(30)29(24(26)28-25)15-17-7-6-8-18(13-17)23(31)27-20-11-12-33-21-10-5-4-9-19(20)21/h4-10,13,20H,3,11-12,14-16H2,1-2H3,(H2,26,28)(H,27,31)/t20-,25?/m0/s1. The Balaban J connectivity index is 1.45. The summed E-state index contributed by atoms with van der Waals surface area (Å²) in [6, 6.07) is 14.8. The zero-order valence-corrected chi connectivity index (χ0v) is 19.0. The lowest BCUT2D eigenvalue weighted by Gasteiger charge is -2.42. The van der Waals surface area contributed by atoms with Gasteiger partial charge in [0.2, 0.25) is 5.91 Å². The highest BCUT2D eigenvalue weighted by Gasteiger charge is 2.40. The topological polar surface area (TPSA) is 104 Å². The number of nitrogens with zero attached hydrogens (tertiary/aromatic N) is 1. The second kappa shape index (κ2) is 9.62. The van der Waals surface area contributed by atoms with E-state index in [4.69, 9.17) is 14.9 Å². The van der Waals surface area contributed by atoms with Crippen molar-refractivity contribution in [2.75, 3.05) is 20.3 Å². The molecular weight excluding hydrogens is 420 g/mol. The molecule has 2 aromatic carbocycles. The van der Waals surface area contributed by atoms with E-state index in [0.717, 1.165) is 16.9 Å². The van der Waals surface area contributed by atoms with Crippen molar-refractivity contribution in [3.05, 3.63) is 65.2 Å². The van der Waals surface area contributed by atoms with Crippen LogP contribution in [0.5, 0.6) is 5.75 Å². The highest BCUT2D eigenvalue weighted by Crippen LogP contribution is 2.31. The van der Waals surface area contributed by atoms with Crippen molar-refractivity contribution in [2.24, 2.45) is 0 Å². The SMILES string of the molecule is CCC1(COC)CC(=O)N(Cc2cccc(C(=O)N[C@H]3CCOc4ccccc43)c2)C(=N)N1. The van der Waals surface area contributed by atoms with Crippen LogP contribution in [0.25, 0.3) is 0 Å². The maximum Gasteiger partial charge on any atom is 0.251 e.